The molecule has 0 saturated carbocycles. The molecule has 35 heavy (non-hydrogen) atoms. The maximum absolute atomic E-state index is 15.1. The minimum absolute atomic E-state index is 0.0457. The van der Waals surface area contributed by atoms with Gasteiger partial charge in [0.15, 0.2) is 0 Å². The second-order valence-corrected chi connectivity index (χ2v) is 8.68. The molecule has 3 rings (SSSR count). The summed E-state index contributed by atoms with van der Waals surface area (Å²) >= 11 is 5.95. The Hall–Kier alpha value is -3.03. The average Bonchev–Trinajstić information content (AvgIpc) is 2.77. The highest BCUT2D eigenvalue weighted by Crippen LogP contribution is 2.40. The van der Waals surface area contributed by atoms with Gasteiger partial charge in [0.05, 0.1) is 0 Å². The van der Waals surface area contributed by atoms with E-state index in [0.717, 1.165) is 23.8 Å². The Morgan fingerprint density at radius 2 is 1.51 bits per heavy atom. The molecule has 0 aliphatic rings. The number of allylic oxidation sites excluding steroid dienone is 1. The normalized spacial score (nSPS) is 13.6. The molecule has 0 spiro atoms. The first-order valence-electron chi connectivity index (χ1n) is 10.5. The van der Waals surface area contributed by atoms with Gasteiger partial charge in [0.2, 0.25) is 0 Å². The van der Waals surface area contributed by atoms with Gasteiger partial charge in [-0.05, 0) is 59.9 Å². The summed E-state index contributed by atoms with van der Waals surface area (Å²) in [7, 11) is 0. The summed E-state index contributed by atoms with van der Waals surface area (Å²) in [6.07, 6.45) is -4.51. The first kappa shape index (κ1) is 26.6. The molecule has 3 aromatic rings. The fraction of sp³-hybridized carbons (Fsp3) is 0.185. The standard InChI is InChI=1S/C27H22ClF6N/c1-15-4-7-18(8-5-15)17(3)21-11-10-20(12-23(21)27(33,34)35)25(29)14-22(26(30,31)32)19-9-6-16(2)24(28)13-19/h4-14,22H,3,35H2,1-2H3/b25-14-. The Morgan fingerprint density at radius 3 is 2.06 bits per heavy atom. The Kier molecular flexibility index (Phi) is 7.53. The molecule has 0 saturated heterocycles. The number of nitrogens with two attached hydrogens (primary N) is 1. The lowest BCUT2D eigenvalue weighted by Crippen LogP contribution is -2.27. The Bertz CT molecular complexity index is 1270. The summed E-state index contributed by atoms with van der Waals surface area (Å²) in [5.41, 5.74) is 5.74. The molecule has 0 heterocycles. The van der Waals surface area contributed by atoms with Crippen molar-refractivity contribution in [2.45, 2.75) is 32.0 Å². The molecular formula is C27H22ClF6N. The van der Waals surface area contributed by atoms with Gasteiger partial charge in [0.1, 0.15) is 11.7 Å². The number of hydrogen-bond donors (Lipinski definition) is 1. The van der Waals surface area contributed by atoms with E-state index < -0.39 is 35.1 Å². The van der Waals surface area contributed by atoms with Gasteiger partial charge in [-0.25, -0.2) is 4.39 Å². The molecule has 1 unspecified atom stereocenters. The van der Waals surface area contributed by atoms with Crippen LogP contribution in [0.1, 0.15) is 44.9 Å². The van der Waals surface area contributed by atoms with Crippen LogP contribution in [0.25, 0.3) is 11.4 Å². The molecule has 0 aliphatic heterocycles. The highest BCUT2D eigenvalue weighted by atomic mass is 35.5. The molecule has 0 amide bonds. The first-order valence-corrected chi connectivity index (χ1v) is 10.8. The van der Waals surface area contributed by atoms with E-state index in [1.54, 1.807) is 31.2 Å². The van der Waals surface area contributed by atoms with Crippen LogP contribution < -0.4 is 5.73 Å². The number of aryl methyl sites for hydroxylation is 2. The lowest BCUT2D eigenvalue weighted by Gasteiger charge is -2.20. The average molecular weight is 510 g/mol. The van der Waals surface area contributed by atoms with Crippen LogP contribution in [0.5, 0.6) is 0 Å². The third kappa shape index (κ3) is 6.16. The molecule has 0 fully saturated rings. The van der Waals surface area contributed by atoms with Gasteiger partial charge in [0.25, 0.3) is 0 Å². The summed E-state index contributed by atoms with van der Waals surface area (Å²) in [6.45, 7) is 7.32. The van der Waals surface area contributed by atoms with Gasteiger partial charge < -0.3 is 0 Å². The highest BCUT2D eigenvalue weighted by Gasteiger charge is 2.40. The molecule has 8 heteroatoms. The first-order chi connectivity index (χ1) is 16.2. The highest BCUT2D eigenvalue weighted by molar-refractivity contribution is 6.31. The van der Waals surface area contributed by atoms with Crippen LogP contribution >= 0.6 is 11.6 Å². The van der Waals surface area contributed by atoms with Crippen molar-refractivity contribution in [1.29, 1.82) is 0 Å². The fourth-order valence-corrected chi connectivity index (χ4v) is 3.76. The number of hydrogen-bond acceptors (Lipinski definition) is 1. The third-order valence-electron chi connectivity index (χ3n) is 5.60. The fourth-order valence-electron chi connectivity index (χ4n) is 3.57. The zero-order chi connectivity index (χ0) is 26.1. The molecule has 184 valence electrons. The molecule has 1 atom stereocenters. The Balaban J connectivity index is 2.08. The molecule has 2 N–H and O–H groups in total. The van der Waals surface area contributed by atoms with E-state index in [-0.39, 0.29) is 21.7 Å². The van der Waals surface area contributed by atoms with E-state index in [9.17, 15) is 22.0 Å². The minimum Gasteiger partial charge on any atom is -0.268 e. The lowest BCUT2D eigenvalue weighted by atomic mass is 9.91. The van der Waals surface area contributed by atoms with Crippen LogP contribution in [0.3, 0.4) is 0 Å². The van der Waals surface area contributed by atoms with Gasteiger partial charge >= 0.3 is 12.2 Å². The van der Waals surface area contributed by atoms with E-state index in [1.807, 2.05) is 6.92 Å². The number of halogens is 7. The predicted octanol–water partition coefficient (Wildman–Crippen LogP) is 8.68. The minimum atomic E-state index is -4.85. The monoisotopic (exact) mass is 509 g/mol. The second-order valence-electron chi connectivity index (χ2n) is 8.27. The Labute approximate surface area is 204 Å². The molecular weight excluding hydrogens is 488 g/mol. The maximum Gasteiger partial charge on any atom is 0.399 e. The summed E-state index contributed by atoms with van der Waals surface area (Å²) in [4.78, 5) is 0. The number of alkyl halides is 5. The van der Waals surface area contributed by atoms with Crippen molar-refractivity contribution in [2.75, 3.05) is 0 Å². The van der Waals surface area contributed by atoms with E-state index in [0.29, 0.717) is 17.2 Å². The van der Waals surface area contributed by atoms with Crippen molar-refractivity contribution in [1.82, 2.24) is 0 Å². The van der Waals surface area contributed by atoms with Crippen LogP contribution in [0.4, 0.5) is 26.3 Å². The third-order valence-corrected chi connectivity index (χ3v) is 6.01. The van der Waals surface area contributed by atoms with Gasteiger partial charge in [-0.3, -0.25) is 5.73 Å². The molecule has 0 radical (unpaired) electrons. The summed E-state index contributed by atoms with van der Waals surface area (Å²) in [6, 6.07) is 9.74. The van der Waals surface area contributed by atoms with Crippen LogP contribution in [-0.2, 0) is 6.05 Å². The van der Waals surface area contributed by atoms with Gasteiger partial charge in [0, 0.05) is 16.1 Å². The van der Waals surface area contributed by atoms with Crippen LogP contribution in [0, 0.1) is 13.8 Å². The molecule has 0 aromatic heterocycles. The molecule has 3 aromatic carbocycles. The second kappa shape index (κ2) is 9.91. The molecule has 0 aliphatic carbocycles. The van der Waals surface area contributed by atoms with Gasteiger partial charge in [-0.15, -0.1) is 0 Å². The van der Waals surface area contributed by atoms with Crippen LogP contribution in [-0.4, -0.2) is 6.18 Å². The van der Waals surface area contributed by atoms with Crippen molar-refractivity contribution < 1.29 is 26.3 Å². The largest absolute Gasteiger partial charge is 0.399 e. The lowest BCUT2D eigenvalue weighted by molar-refractivity contribution is -0.139. The predicted molar refractivity (Wildman–Crippen MR) is 128 cm³/mol. The SMILES string of the molecule is C=C(c1ccc(C)cc1)c1ccc(/C(F)=C/C(c2ccc(C)c(Cl)c2)C(F)(F)F)cc1C(N)(F)F. The number of benzene rings is 3. The van der Waals surface area contributed by atoms with E-state index in [4.69, 9.17) is 17.3 Å². The Morgan fingerprint density at radius 1 is 0.914 bits per heavy atom. The summed E-state index contributed by atoms with van der Waals surface area (Å²) in [5, 5.41) is 0.0922. The van der Waals surface area contributed by atoms with Crippen LogP contribution in [0.15, 0.2) is 73.3 Å². The summed E-state index contributed by atoms with van der Waals surface area (Å²) in [5.74, 6) is -3.67. The van der Waals surface area contributed by atoms with Crippen molar-refractivity contribution in [3.8, 4) is 0 Å². The van der Waals surface area contributed by atoms with Gasteiger partial charge in [-0.2, -0.15) is 22.0 Å². The van der Waals surface area contributed by atoms with Crippen molar-refractivity contribution >= 4 is 23.0 Å². The van der Waals surface area contributed by atoms with E-state index >= 15 is 4.39 Å². The van der Waals surface area contributed by atoms with Crippen LogP contribution in [0.2, 0.25) is 5.02 Å². The van der Waals surface area contributed by atoms with Crippen molar-refractivity contribution in [3.05, 3.63) is 117 Å². The summed E-state index contributed by atoms with van der Waals surface area (Å²) < 4.78 is 85.0. The van der Waals surface area contributed by atoms with Crippen molar-refractivity contribution in [2.24, 2.45) is 5.73 Å². The topological polar surface area (TPSA) is 26.0 Å². The quantitative estimate of drug-likeness (QED) is 0.261. The van der Waals surface area contributed by atoms with Gasteiger partial charge in [-0.1, -0.05) is 72.3 Å². The maximum atomic E-state index is 15.1. The smallest absolute Gasteiger partial charge is 0.268 e. The zero-order valence-corrected chi connectivity index (χ0v) is 19.6. The van der Waals surface area contributed by atoms with E-state index in [2.05, 4.69) is 6.58 Å². The molecule has 1 nitrogen and oxygen atoms in total. The molecule has 0 bridgehead atoms. The zero-order valence-electron chi connectivity index (χ0n) is 18.9. The number of rotatable bonds is 6. The van der Waals surface area contributed by atoms with Crippen molar-refractivity contribution in [3.63, 3.8) is 0 Å². The van der Waals surface area contributed by atoms with E-state index in [1.165, 1.54) is 18.2 Å².